The molecule has 1 heterocycles. The molecule has 1 aromatic rings. The third kappa shape index (κ3) is 4.01. The number of ether oxygens (including phenoxy) is 1. The lowest BCUT2D eigenvalue weighted by atomic mass is 9.88. The molecule has 1 rings (SSSR count). The van der Waals surface area contributed by atoms with Crippen molar-refractivity contribution in [2.45, 2.75) is 63.7 Å². The third-order valence-corrected chi connectivity index (χ3v) is 6.60. The van der Waals surface area contributed by atoms with Crippen molar-refractivity contribution in [1.29, 1.82) is 0 Å². The van der Waals surface area contributed by atoms with Crippen molar-refractivity contribution in [3.05, 3.63) is 9.75 Å². The first-order chi connectivity index (χ1) is 9.86. The van der Waals surface area contributed by atoms with Gasteiger partial charge < -0.3 is 9.84 Å². The zero-order valence-corrected chi connectivity index (χ0v) is 15.7. The van der Waals surface area contributed by atoms with Crippen molar-refractivity contribution < 1.29 is 22.8 Å². The largest absolute Gasteiger partial charge is 0.489 e. The summed E-state index contributed by atoms with van der Waals surface area (Å²) < 4.78 is 39.2. The maximum Gasteiger partial charge on any atom is 0.299 e. The molecule has 22 heavy (non-hydrogen) atoms. The predicted molar refractivity (Wildman–Crippen MR) is 88.7 cm³/mol. The van der Waals surface area contributed by atoms with Crippen molar-refractivity contribution in [1.82, 2.24) is 0 Å². The quantitative estimate of drug-likeness (QED) is 0.769. The van der Waals surface area contributed by atoms with Gasteiger partial charge in [-0.1, -0.05) is 41.5 Å². The van der Waals surface area contributed by atoms with Crippen LogP contribution in [0.3, 0.4) is 0 Å². The molecule has 0 atom stereocenters. The second-order valence-corrected chi connectivity index (χ2v) is 9.33. The third-order valence-electron chi connectivity index (χ3n) is 3.60. The van der Waals surface area contributed by atoms with E-state index in [4.69, 9.17) is 9.84 Å². The molecule has 0 amide bonds. The van der Waals surface area contributed by atoms with Gasteiger partial charge in [-0.3, -0.25) is 4.55 Å². The Bertz CT molecular complexity index is 621. The summed E-state index contributed by atoms with van der Waals surface area (Å²) in [4.78, 5) is 1.20. The highest BCUT2D eigenvalue weighted by Gasteiger charge is 2.38. The molecule has 128 valence electrons. The van der Waals surface area contributed by atoms with Gasteiger partial charge in [0, 0.05) is 10.3 Å². The Morgan fingerprint density at radius 3 is 2.05 bits per heavy atom. The molecule has 0 aliphatic heterocycles. The molecule has 0 saturated heterocycles. The number of hydrogen-bond donors (Lipinski definition) is 2. The average Bonchev–Trinajstić information content (AvgIpc) is 2.76. The lowest BCUT2D eigenvalue weighted by Gasteiger charge is -2.22. The zero-order valence-electron chi connectivity index (χ0n) is 14.1. The summed E-state index contributed by atoms with van der Waals surface area (Å²) in [5.41, 5.74) is -0.742. The van der Waals surface area contributed by atoms with Gasteiger partial charge in [-0.2, -0.15) is 8.42 Å². The molecule has 0 saturated carbocycles. The topological polar surface area (TPSA) is 83.8 Å². The zero-order chi connectivity index (χ0) is 17.3. The summed E-state index contributed by atoms with van der Waals surface area (Å²) in [6, 6.07) is 0. The summed E-state index contributed by atoms with van der Waals surface area (Å²) >= 11 is 1.36. The maximum atomic E-state index is 12.0. The molecule has 7 heteroatoms. The van der Waals surface area contributed by atoms with Gasteiger partial charge in [0.05, 0.1) is 11.5 Å². The van der Waals surface area contributed by atoms with Gasteiger partial charge in [0.1, 0.15) is 6.61 Å². The summed E-state index contributed by atoms with van der Waals surface area (Å²) in [5.74, 6) is 0.172. The van der Waals surface area contributed by atoms with Gasteiger partial charge in [0.15, 0.2) is 10.6 Å². The van der Waals surface area contributed by atoms with Gasteiger partial charge >= 0.3 is 0 Å². The van der Waals surface area contributed by atoms with Crippen LogP contribution in [-0.2, 0) is 20.9 Å². The molecule has 0 aromatic carbocycles. The molecule has 0 fully saturated rings. The Morgan fingerprint density at radius 2 is 1.68 bits per heavy atom. The highest BCUT2D eigenvalue weighted by molar-refractivity contribution is 7.86. The van der Waals surface area contributed by atoms with Crippen LogP contribution in [0.5, 0.6) is 5.75 Å². The van der Waals surface area contributed by atoms with Crippen LogP contribution >= 0.6 is 11.3 Å². The van der Waals surface area contributed by atoms with Gasteiger partial charge in [-0.05, 0) is 11.8 Å². The van der Waals surface area contributed by atoms with Crippen LogP contribution in [0.1, 0.15) is 57.7 Å². The fourth-order valence-electron chi connectivity index (χ4n) is 2.01. The van der Waals surface area contributed by atoms with Crippen LogP contribution in [0.25, 0.3) is 0 Å². The van der Waals surface area contributed by atoms with E-state index in [1.54, 1.807) is 0 Å². The van der Waals surface area contributed by atoms with Crippen molar-refractivity contribution in [3.63, 3.8) is 0 Å². The van der Waals surface area contributed by atoms with Gasteiger partial charge in [-0.25, -0.2) is 0 Å². The molecule has 0 aliphatic carbocycles. The highest BCUT2D eigenvalue weighted by atomic mass is 32.2. The van der Waals surface area contributed by atoms with Crippen molar-refractivity contribution in [2.75, 3.05) is 13.2 Å². The van der Waals surface area contributed by atoms with E-state index in [-0.39, 0.29) is 29.3 Å². The standard InChI is InChI=1S/C15H26O5S2/c1-7-15(5,6)13-11(22(17,18)19)10(20-9-8-16)12(21-13)14(2,3)4/h16H,7-9H2,1-6H3,(H,17,18,19). The minimum atomic E-state index is -4.42. The van der Waals surface area contributed by atoms with Gasteiger partial charge in [0.25, 0.3) is 10.1 Å². The maximum absolute atomic E-state index is 12.0. The average molecular weight is 351 g/mol. The van der Waals surface area contributed by atoms with Crippen molar-refractivity contribution in [2.24, 2.45) is 0 Å². The van der Waals surface area contributed by atoms with Gasteiger partial charge in [-0.15, -0.1) is 11.3 Å². The van der Waals surface area contributed by atoms with E-state index in [1.165, 1.54) is 11.3 Å². The summed E-state index contributed by atoms with van der Waals surface area (Å²) in [6.45, 7) is 11.5. The lowest BCUT2D eigenvalue weighted by Crippen LogP contribution is -2.18. The highest BCUT2D eigenvalue weighted by Crippen LogP contribution is 2.49. The second kappa shape index (κ2) is 6.47. The molecule has 0 unspecified atom stereocenters. The SMILES string of the molecule is CCC(C)(C)c1sc(C(C)(C)C)c(OCCO)c1S(=O)(=O)O. The van der Waals surface area contributed by atoms with Gasteiger partial charge in [0.2, 0.25) is 0 Å². The van der Waals surface area contributed by atoms with Crippen LogP contribution in [0, 0.1) is 0 Å². The van der Waals surface area contributed by atoms with Crippen LogP contribution < -0.4 is 4.74 Å². The molecule has 0 spiro atoms. The van der Waals surface area contributed by atoms with Crippen LogP contribution in [-0.4, -0.2) is 31.3 Å². The van der Waals surface area contributed by atoms with Crippen LogP contribution in [0.2, 0.25) is 0 Å². The fourth-order valence-corrected chi connectivity index (χ4v) is 4.80. The Morgan fingerprint density at radius 1 is 1.14 bits per heavy atom. The molecule has 0 bridgehead atoms. The van der Waals surface area contributed by atoms with E-state index in [2.05, 4.69) is 0 Å². The van der Waals surface area contributed by atoms with E-state index in [1.807, 2.05) is 41.5 Å². The second-order valence-electron chi connectivity index (χ2n) is 6.95. The van der Waals surface area contributed by atoms with E-state index >= 15 is 0 Å². The normalized spacial score (nSPS) is 13.5. The molecule has 1 aromatic heterocycles. The van der Waals surface area contributed by atoms with Crippen molar-refractivity contribution in [3.8, 4) is 5.75 Å². The van der Waals surface area contributed by atoms with Crippen LogP contribution in [0.4, 0.5) is 0 Å². The molecular weight excluding hydrogens is 324 g/mol. The first-order valence-electron chi connectivity index (χ1n) is 7.25. The molecule has 2 N–H and O–H groups in total. The first-order valence-corrected chi connectivity index (χ1v) is 9.50. The minimum absolute atomic E-state index is 0.0195. The monoisotopic (exact) mass is 350 g/mol. The summed E-state index contributed by atoms with van der Waals surface area (Å²) in [7, 11) is -4.42. The summed E-state index contributed by atoms with van der Waals surface area (Å²) in [6.07, 6.45) is 0.721. The van der Waals surface area contributed by atoms with Crippen LogP contribution in [0.15, 0.2) is 4.90 Å². The first kappa shape index (κ1) is 19.4. The number of thiophene rings is 1. The molecule has 0 radical (unpaired) electrons. The Hall–Kier alpha value is -0.630. The minimum Gasteiger partial charge on any atom is -0.489 e. The number of aliphatic hydroxyl groups excluding tert-OH is 1. The molecule has 5 nitrogen and oxygen atoms in total. The van der Waals surface area contributed by atoms with E-state index in [0.29, 0.717) is 4.88 Å². The fraction of sp³-hybridized carbons (Fsp3) is 0.733. The molecular formula is C15H26O5S2. The smallest absolute Gasteiger partial charge is 0.299 e. The number of hydrogen-bond acceptors (Lipinski definition) is 5. The Kier molecular flexibility index (Phi) is 5.71. The van der Waals surface area contributed by atoms with E-state index in [9.17, 15) is 13.0 Å². The van der Waals surface area contributed by atoms with Crippen molar-refractivity contribution >= 4 is 21.5 Å². The number of rotatable bonds is 6. The van der Waals surface area contributed by atoms with E-state index in [0.717, 1.165) is 11.3 Å². The predicted octanol–water partition coefficient (Wildman–Crippen LogP) is 3.35. The Balaban J connectivity index is 3.76. The number of aliphatic hydroxyl groups is 1. The lowest BCUT2D eigenvalue weighted by molar-refractivity contribution is 0.196. The Labute approximate surface area is 137 Å². The summed E-state index contributed by atoms with van der Waals surface area (Å²) in [5, 5.41) is 8.99. The van der Waals surface area contributed by atoms with E-state index < -0.39 is 15.5 Å². The molecule has 0 aliphatic rings.